The SMILES string of the molecule is Cn1cc(-c2cc3c(N4CCN(c5ncc(C(O)C6CC6)cn5)CC4)ncnn3c2)cn1. The summed E-state index contributed by atoms with van der Waals surface area (Å²) in [5.41, 5.74) is 3.92. The largest absolute Gasteiger partial charge is 0.388 e. The molecule has 4 aromatic heterocycles. The van der Waals surface area contributed by atoms with E-state index in [-0.39, 0.29) is 0 Å². The van der Waals surface area contributed by atoms with Crippen molar-refractivity contribution in [3.63, 3.8) is 0 Å². The first-order valence-electron chi connectivity index (χ1n) is 11.0. The van der Waals surface area contributed by atoms with Crippen LogP contribution in [-0.2, 0) is 7.05 Å². The molecule has 0 amide bonds. The number of hydrogen-bond acceptors (Lipinski definition) is 8. The van der Waals surface area contributed by atoms with Crippen molar-refractivity contribution < 1.29 is 5.11 Å². The first kappa shape index (κ1) is 19.2. The summed E-state index contributed by atoms with van der Waals surface area (Å²) < 4.78 is 3.68. The van der Waals surface area contributed by atoms with Crippen LogP contribution in [-0.4, -0.2) is 65.6 Å². The van der Waals surface area contributed by atoms with Gasteiger partial charge in [-0.3, -0.25) is 4.68 Å². The molecule has 164 valence electrons. The molecule has 1 aliphatic heterocycles. The lowest BCUT2D eigenvalue weighted by Crippen LogP contribution is -2.47. The van der Waals surface area contributed by atoms with E-state index in [9.17, 15) is 5.11 Å². The molecule has 1 atom stereocenters. The molecule has 1 aliphatic carbocycles. The summed E-state index contributed by atoms with van der Waals surface area (Å²) in [6.07, 6.45) is 12.8. The van der Waals surface area contributed by atoms with Crippen LogP contribution in [0.2, 0.25) is 0 Å². The van der Waals surface area contributed by atoms with Gasteiger partial charge in [0.05, 0.1) is 12.3 Å². The number of piperazine rings is 1. The summed E-state index contributed by atoms with van der Waals surface area (Å²) in [6.45, 7) is 3.24. The molecule has 10 nitrogen and oxygen atoms in total. The van der Waals surface area contributed by atoms with Gasteiger partial charge in [-0.25, -0.2) is 19.5 Å². The molecule has 0 spiro atoms. The molecular weight excluding hydrogens is 406 g/mol. The fourth-order valence-corrected chi connectivity index (χ4v) is 4.34. The summed E-state index contributed by atoms with van der Waals surface area (Å²) in [7, 11) is 1.91. The van der Waals surface area contributed by atoms with Gasteiger partial charge in [-0.05, 0) is 24.8 Å². The smallest absolute Gasteiger partial charge is 0.225 e. The highest BCUT2D eigenvalue weighted by Gasteiger charge is 2.31. The first-order chi connectivity index (χ1) is 15.7. The minimum atomic E-state index is -0.431. The summed E-state index contributed by atoms with van der Waals surface area (Å²) in [5, 5.41) is 18.9. The second-order valence-electron chi connectivity index (χ2n) is 8.62. The van der Waals surface area contributed by atoms with E-state index in [4.69, 9.17) is 0 Å². The molecule has 1 unspecified atom stereocenters. The van der Waals surface area contributed by atoms with Crippen molar-refractivity contribution >= 4 is 17.3 Å². The van der Waals surface area contributed by atoms with E-state index in [1.807, 2.05) is 30.2 Å². The second kappa shape index (κ2) is 7.56. The van der Waals surface area contributed by atoms with Crippen molar-refractivity contribution in [1.29, 1.82) is 0 Å². The van der Waals surface area contributed by atoms with E-state index in [0.717, 1.165) is 67.0 Å². The van der Waals surface area contributed by atoms with Crippen LogP contribution in [0.1, 0.15) is 24.5 Å². The Balaban J connectivity index is 1.18. The predicted molar refractivity (Wildman–Crippen MR) is 119 cm³/mol. The zero-order chi connectivity index (χ0) is 21.7. The molecule has 0 radical (unpaired) electrons. The number of rotatable bonds is 5. The van der Waals surface area contributed by atoms with Gasteiger partial charge in [-0.1, -0.05) is 0 Å². The standard InChI is InChI=1S/C22H25N9O/c1-28-12-18(11-26-28)16-8-19-21(25-14-27-31(19)13-16)29-4-6-30(7-5-29)22-23-9-17(10-24-22)20(32)15-2-3-15/h8-15,20,32H,2-7H2,1H3. The summed E-state index contributed by atoms with van der Waals surface area (Å²) in [4.78, 5) is 18.1. The Morgan fingerprint density at radius 2 is 1.66 bits per heavy atom. The summed E-state index contributed by atoms with van der Waals surface area (Å²) in [5.74, 6) is 2.02. The molecule has 4 aromatic rings. The maximum atomic E-state index is 10.3. The van der Waals surface area contributed by atoms with Gasteiger partial charge in [-0.15, -0.1) is 0 Å². The molecule has 1 saturated carbocycles. The monoisotopic (exact) mass is 431 g/mol. The lowest BCUT2D eigenvalue weighted by molar-refractivity contribution is 0.153. The van der Waals surface area contributed by atoms with E-state index in [1.165, 1.54) is 0 Å². The van der Waals surface area contributed by atoms with Crippen molar-refractivity contribution in [2.24, 2.45) is 13.0 Å². The average Bonchev–Trinajstić information content (AvgIpc) is 3.44. The van der Waals surface area contributed by atoms with Gasteiger partial charge in [0.25, 0.3) is 0 Å². The summed E-state index contributed by atoms with van der Waals surface area (Å²) in [6, 6.07) is 2.12. The van der Waals surface area contributed by atoms with Crippen LogP contribution in [0.4, 0.5) is 11.8 Å². The molecular formula is C22H25N9O. The van der Waals surface area contributed by atoms with E-state index >= 15 is 0 Å². The van der Waals surface area contributed by atoms with Crippen molar-refractivity contribution in [2.75, 3.05) is 36.0 Å². The molecule has 32 heavy (non-hydrogen) atoms. The predicted octanol–water partition coefficient (Wildman–Crippen LogP) is 1.69. The highest BCUT2D eigenvalue weighted by atomic mass is 16.3. The van der Waals surface area contributed by atoms with Crippen LogP contribution >= 0.6 is 0 Å². The number of aryl methyl sites for hydroxylation is 1. The molecule has 5 heterocycles. The minimum Gasteiger partial charge on any atom is -0.388 e. The van der Waals surface area contributed by atoms with E-state index in [0.29, 0.717) is 11.9 Å². The molecule has 0 bridgehead atoms. The molecule has 2 aliphatic rings. The van der Waals surface area contributed by atoms with Crippen molar-refractivity contribution in [3.05, 3.63) is 48.9 Å². The Morgan fingerprint density at radius 1 is 0.906 bits per heavy atom. The van der Waals surface area contributed by atoms with Gasteiger partial charge in [0.1, 0.15) is 11.8 Å². The number of fused-ring (bicyclic) bond motifs is 1. The lowest BCUT2D eigenvalue weighted by Gasteiger charge is -2.35. The Bertz CT molecular complexity index is 1240. The zero-order valence-corrected chi connectivity index (χ0v) is 17.9. The highest BCUT2D eigenvalue weighted by Crippen LogP contribution is 2.40. The number of hydrogen-bond donors (Lipinski definition) is 1. The van der Waals surface area contributed by atoms with Gasteiger partial charge >= 0.3 is 0 Å². The van der Waals surface area contributed by atoms with Gasteiger partial charge in [0.2, 0.25) is 5.95 Å². The average molecular weight is 432 g/mol. The third kappa shape index (κ3) is 3.46. The number of aliphatic hydroxyl groups is 1. The van der Waals surface area contributed by atoms with Crippen LogP contribution in [0, 0.1) is 5.92 Å². The molecule has 2 fully saturated rings. The fraction of sp³-hybridized carbons (Fsp3) is 0.409. The van der Waals surface area contributed by atoms with Gasteiger partial charge in [0, 0.05) is 74.7 Å². The number of aromatic nitrogens is 7. The van der Waals surface area contributed by atoms with Gasteiger partial charge in [0.15, 0.2) is 5.82 Å². The quantitative estimate of drug-likeness (QED) is 0.510. The molecule has 1 N–H and O–H groups in total. The first-order valence-corrected chi connectivity index (χ1v) is 11.0. The van der Waals surface area contributed by atoms with Crippen molar-refractivity contribution in [1.82, 2.24) is 34.3 Å². The molecule has 6 rings (SSSR count). The van der Waals surface area contributed by atoms with Gasteiger partial charge in [-0.2, -0.15) is 10.2 Å². The van der Waals surface area contributed by atoms with Crippen molar-refractivity contribution in [3.8, 4) is 11.1 Å². The van der Waals surface area contributed by atoms with Crippen LogP contribution in [0.25, 0.3) is 16.6 Å². The Labute approximate surface area is 185 Å². The number of aliphatic hydroxyl groups excluding tert-OH is 1. The lowest BCUT2D eigenvalue weighted by atomic mass is 10.1. The zero-order valence-electron chi connectivity index (χ0n) is 17.9. The highest BCUT2D eigenvalue weighted by molar-refractivity contribution is 5.77. The Morgan fingerprint density at radius 3 is 2.34 bits per heavy atom. The van der Waals surface area contributed by atoms with Gasteiger partial charge < -0.3 is 14.9 Å². The minimum absolute atomic E-state index is 0.380. The topological polar surface area (TPSA) is 100 Å². The number of anilines is 2. The Hall–Kier alpha value is -3.53. The normalized spacial score (nSPS) is 17.8. The van der Waals surface area contributed by atoms with Crippen LogP contribution in [0.15, 0.2) is 43.4 Å². The van der Waals surface area contributed by atoms with Crippen molar-refractivity contribution in [2.45, 2.75) is 18.9 Å². The Kier molecular flexibility index (Phi) is 4.53. The molecule has 10 heteroatoms. The van der Waals surface area contributed by atoms with Crippen LogP contribution < -0.4 is 9.80 Å². The van der Waals surface area contributed by atoms with Crippen LogP contribution in [0.3, 0.4) is 0 Å². The third-order valence-corrected chi connectivity index (χ3v) is 6.35. The van der Waals surface area contributed by atoms with E-state index in [2.05, 4.69) is 41.0 Å². The fourth-order valence-electron chi connectivity index (χ4n) is 4.34. The number of nitrogens with zero attached hydrogens (tertiary/aromatic N) is 9. The maximum absolute atomic E-state index is 10.3. The van der Waals surface area contributed by atoms with Crippen LogP contribution in [0.5, 0.6) is 0 Å². The third-order valence-electron chi connectivity index (χ3n) is 6.35. The molecule has 1 saturated heterocycles. The van der Waals surface area contributed by atoms with E-state index < -0.39 is 6.10 Å². The second-order valence-corrected chi connectivity index (χ2v) is 8.62. The molecule has 0 aromatic carbocycles. The van der Waals surface area contributed by atoms with E-state index in [1.54, 1.807) is 23.4 Å². The maximum Gasteiger partial charge on any atom is 0.225 e. The summed E-state index contributed by atoms with van der Waals surface area (Å²) >= 11 is 0.